The first kappa shape index (κ1) is 14.9. The summed E-state index contributed by atoms with van der Waals surface area (Å²) in [6.07, 6.45) is 5.04. The van der Waals surface area contributed by atoms with Gasteiger partial charge in [-0.05, 0) is 46.3 Å². The van der Waals surface area contributed by atoms with E-state index in [0.717, 1.165) is 18.7 Å². The lowest BCUT2D eigenvalue weighted by molar-refractivity contribution is 0.0341. The van der Waals surface area contributed by atoms with Crippen molar-refractivity contribution in [3.63, 3.8) is 0 Å². The summed E-state index contributed by atoms with van der Waals surface area (Å²) in [4.78, 5) is 2.52. The molecule has 0 bridgehead atoms. The number of nitrogens with zero attached hydrogens (tertiary/aromatic N) is 1. The first-order chi connectivity index (χ1) is 10.1. The lowest BCUT2D eigenvalue weighted by Gasteiger charge is -2.42. The fourth-order valence-corrected chi connectivity index (χ4v) is 3.71. The summed E-state index contributed by atoms with van der Waals surface area (Å²) in [6, 6.07) is 9.62. The minimum absolute atomic E-state index is 0.0900. The molecule has 0 saturated carbocycles. The molecule has 116 valence electrons. The van der Waals surface area contributed by atoms with Crippen LogP contribution in [0.2, 0.25) is 0 Å². The monoisotopic (exact) mass is 288 g/mol. The van der Waals surface area contributed by atoms with Crippen molar-refractivity contribution >= 4 is 0 Å². The zero-order chi connectivity index (χ0) is 14.9. The second kappa shape index (κ2) is 5.98. The van der Waals surface area contributed by atoms with Gasteiger partial charge in [-0.3, -0.25) is 4.90 Å². The van der Waals surface area contributed by atoms with Crippen LogP contribution in [0.25, 0.3) is 0 Å². The van der Waals surface area contributed by atoms with Crippen molar-refractivity contribution in [2.45, 2.75) is 57.2 Å². The van der Waals surface area contributed by atoms with Gasteiger partial charge < -0.3 is 10.1 Å². The van der Waals surface area contributed by atoms with Crippen LogP contribution in [0.15, 0.2) is 24.3 Å². The number of hydrogen-bond donors (Lipinski definition) is 1. The Morgan fingerprint density at radius 2 is 2.10 bits per heavy atom. The highest BCUT2D eigenvalue weighted by atomic mass is 16.5. The van der Waals surface area contributed by atoms with Crippen molar-refractivity contribution in [3.8, 4) is 5.75 Å². The highest BCUT2D eigenvalue weighted by Gasteiger charge is 2.36. The molecular weight excluding hydrogens is 260 g/mol. The highest BCUT2D eigenvalue weighted by Crippen LogP contribution is 2.41. The Balaban J connectivity index is 1.76. The molecule has 3 heteroatoms. The van der Waals surface area contributed by atoms with Gasteiger partial charge in [0.1, 0.15) is 11.4 Å². The van der Waals surface area contributed by atoms with E-state index in [2.05, 4.69) is 55.4 Å². The average molecular weight is 288 g/mol. The zero-order valence-electron chi connectivity index (χ0n) is 13.6. The van der Waals surface area contributed by atoms with Crippen molar-refractivity contribution in [2.24, 2.45) is 0 Å². The third-order valence-corrected chi connectivity index (χ3v) is 4.80. The first-order valence-corrected chi connectivity index (χ1v) is 8.27. The third-order valence-electron chi connectivity index (χ3n) is 4.80. The second-order valence-electron chi connectivity index (χ2n) is 7.21. The largest absolute Gasteiger partial charge is 0.487 e. The molecule has 0 radical (unpaired) electrons. The molecule has 2 aliphatic rings. The number of fused-ring (bicyclic) bond motifs is 1. The van der Waals surface area contributed by atoms with E-state index >= 15 is 0 Å². The van der Waals surface area contributed by atoms with Gasteiger partial charge in [0.05, 0.1) is 0 Å². The SMILES string of the molecule is CN(CC1CCCCN1)C1CC(C)(C)Oc2ccccc21. The van der Waals surface area contributed by atoms with Crippen LogP contribution in [-0.4, -0.2) is 36.7 Å². The van der Waals surface area contributed by atoms with Gasteiger partial charge >= 0.3 is 0 Å². The number of benzene rings is 1. The van der Waals surface area contributed by atoms with E-state index < -0.39 is 0 Å². The molecule has 1 aromatic carbocycles. The minimum atomic E-state index is -0.0900. The Bertz CT molecular complexity index is 480. The van der Waals surface area contributed by atoms with Gasteiger partial charge in [-0.1, -0.05) is 24.6 Å². The summed E-state index contributed by atoms with van der Waals surface area (Å²) in [5, 5.41) is 3.66. The third kappa shape index (κ3) is 3.41. The van der Waals surface area contributed by atoms with Crippen molar-refractivity contribution < 1.29 is 4.74 Å². The number of ether oxygens (including phenoxy) is 1. The smallest absolute Gasteiger partial charge is 0.124 e. The van der Waals surface area contributed by atoms with Gasteiger partial charge in [0, 0.05) is 30.6 Å². The van der Waals surface area contributed by atoms with Gasteiger partial charge in [0.2, 0.25) is 0 Å². The molecular formula is C18H28N2O. The van der Waals surface area contributed by atoms with Gasteiger partial charge in [-0.25, -0.2) is 0 Å². The number of piperidine rings is 1. The summed E-state index contributed by atoms with van der Waals surface area (Å²) in [6.45, 7) is 6.69. The highest BCUT2D eigenvalue weighted by molar-refractivity contribution is 5.38. The molecule has 3 nitrogen and oxygen atoms in total. The van der Waals surface area contributed by atoms with Gasteiger partial charge in [-0.2, -0.15) is 0 Å². The lowest BCUT2D eigenvalue weighted by atomic mass is 9.88. The summed E-state index contributed by atoms with van der Waals surface area (Å²) in [7, 11) is 2.26. The molecule has 1 aromatic rings. The molecule has 1 fully saturated rings. The van der Waals surface area contributed by atoms with Crippen LogP contribution in [0.1, 0.15) is 51.1 Å². The average Bonchev–Trinajstić information content (AvgIpc) is 2.46. The Morgan fingerprint density at radius 1 is 1.29 bits per heavy atom. The molecule has 1 saturated heterocycles. The molecule has 2 unspecified atom stereocenters. The summed E-state index contributed by atoms with van der Waals surface area (Å²) < 4.78 is 6.15. The van der Waals surface area contributed by atoms with Crippen LogP contribution in [-0.2, 0) is 0 Å². The van der Waals surface area contributed by atoms with Gasteiger partial charge in [0.25, 0.3) is 0 Å². The van der Waals surface area contributed by atoms with Crippen LogP contribution in [0, 0.1) is 0 Å². The fourth-order valence-electron chi connectivity index (χ4n) is 3.71. The van der Waals surface area contributed by atoms with Crippen LogP contribution in [0.3, 0.4) is 0 Å². The van der Waals surface area contributed by atoms with E-state index in [4.69, 9.17) is 4.74 Å². The standard InChI is InChI=1S/C18H28N2O/c1-18(2)12-16(15-9-4-5-10-17(15)21-18)20(3)13-14-8-6-7-11-19-14/h4-5,9-10,14,16,19H,6-8,11-13H2,1-3H3. The number of nitrogens with one attached hydrogen (secondary N) is 1. The zero-order valence-corrected chi connectivity index (χ0v) is 13.6. The maximum atomic E-state index is 6.15. The molecule has 0 aliphatic carbocycles. The van der Waals surface area contributed by atoms with Crippen molar-refractivity contribution in [3.05, 3.63) is 29.8 Å². The van der Waals surface area contributed by atoms with Gasteiger partial charge in [-0.15, -0.1) is 0 Å². The summed E-state index contributed by atoms with van der Waals surface area (Å²) >= 11 is 0. The minimum Gasteiger partial charge on any atom is -0.487 e. The lowest BCUT2D eigenvalue weighted by Crippen LogP contribution is -2.46. The quantitative estimate of drug-likeness (QED) is 0.923. The van der Waals surface area contributed by atoms with E-state index in [9.17, 15) is 0 Å². The van der Waals surface area contributed by atoms with E-state index in [1.807, 2.05) is 0 Å². The number of likely N-dealkylation sites (N-methyl/N-ethyl adjacent to an activating group) is 1. The molecule has 21 heavy (non-hydrogen) atoms. The second-order valence-corrected chi connectivity index (χ2v) is 7.21. The summed E-state index contributed by atoms with van der Waals surface area (Å²) in [5.41, 5.74) is 1.25. The Morgan fingerprint density at radius 3 is 2.86 bits per heavy atom. The number of hydrogen-bond acceptors (Lipinski definition) is 3. The van der Waals surface area contributed by atoms with Gasteiger partial charge in [0.15, 0.2) is 0 Å². The molecule has 2 aliphatic heterocycles. The first-order valence-electron chi connectivity index (χ1n) is 8.27. The van der Waals surface area contributed by atoms with Crippen molar-refractivity contribution in [1.82, 2.24) is 10.2 Å². The topological polar surface area (TPSA) is 24.5 Å². The maximum absolute atomic E-state index is 6.15. The van der Waals surface area contributed by atoms with Crippen molar-refractivity contribution in [2.75, 3.05) is 20.1 Å². The van der Waals surface area contributed by atoms with E-state index in [1.54, 1.807) is 0 Å². The van der Waals surface area contributed by atoms with Crippen LogP contribution >= 0.6 is 0 Å². The maximum Gasteiger partial charge on any atom is 0.124 e. The number of para-hydroxylation sites is 1. The molecule has 2 heterocycles. The fraction of sp³-hybridized carbons (Fsp3) is 0.667. The molecule has 1 N–H and O–H groups in total. The van der Waals surface area contributed by atoms with E-state index in [1.165, 1.54) is 31.4 Å². The van der Waals surface area contributed by atoms with Crippen molar-refractivity contribution in [1.29, 1.82) is 0 Å². The Hall–Kier alpha value is -1.06. The predicted molar refractivity (Wildman–Crippen MR) is 86.8 cm³/mol. The van der Waals surface area contributed by atoms with Crippen LogP contribution in [0.4, 0.5) is 0 Å². The van der Waals surface area contributed by atoms with E-state index in [-0.39, 0.29) is 5.60 Å². The molecule has 2 atom stereocenters. The Labute approximate surface area is 128 Å². The Kier molecular flexibility index (Phi) is 4.23. The molecule has 0 spiro atoms. The van der Waals surface area contributed by atoms with Crippen LogP contribution in [0.5, 0.6) is 5.75 Å². The van der Waals surface area contributed by atoms with E-state index in [0.29, 0.717) is 12.1 Å². The predicted octanol–water partition coefficient (Wildman–Crippen LogP) is 3.36. The number of rotatable bonds is 3. The summed E-state index contributed by atoms with van der Waals surface area (Å²) in [5.74, 6) is 1.06. The van der Waals surface area contributed by atoms with Crippen LogP contribution < -0.4 is 10.1 Å². The normalized spacial score (nSPS) is 28.0. The molecule has 3 rings (SSSR count). The molecule has 0 amide bonds. The molecule has 0 aromatic heterocycles.